The standard InChI is InChI=1S/C37H36N2O9S3.H2O/c1-3-31-32(12-8-14-34(31)50(43,44)45)37(38)28-17-15-26(16-18-28)36(33-11-5-6-13-35(33)51(46,47)48)27-19-21-29(22-20-27)39(4-2)24-25-9-7-10-30(23-25)49(40,41)42;/h5-23H,3-4,24,38H2,1-2H3,(H,40,41,42)(H,43,44,45)(H,46,47,48);1H2. The summed E-state index contributed by atoms with van der Waals surface area (Å²) in [5, 5.41) is 1.14. The van der Waals surface area contributed by atoms with Crippen molar-refractivity contribution in [2.24, 2.45) is 5.73 Å². The van der Waals surface area contributed by atoms with Crippen molar-refractivity contribution in [3.8, 4) is 0 Å². The Hall–Kier alpha value is -4.87. The minimum atomic E-state index is -4.63. The Kier molecular flexibility index (Phi) is 12.1. The van der Waals surface area contributed by atoms with Crippen LogP contribution in [0.5, 0.6) is 0 Å². The SMILES string of the molecule is CCc1c(C(N)=c2ccc(=C(c3ccc(N(CC)Cc4cccc(S(=O)(=O)O)c4)cc3)c3ccccc3S(=O)(=O)O)cc2)cccc1S(=O)(=O)O.O. The minimum Gasteiger partial charge on any atom is -0.412 e. The Morgan fingerprint density at radius 2 is 1.19 bits per heavy atom. The van der Waals surface area contributed by atoms with Crippen LogP contribution in [0.4, 0.5) is 5.69 Å². The molecule has 0 spiro atoms. The minimum absolute atomic E-state index is 0. The van der Waals surface area contributed by atoms with Crippen LogP contribution in [0, 0.1) is 0 Å². The normalized spacial score (nSPS) is 11.8. The molecule has 5 rings (SSSR count). The maximum absolute atomic E-state index is 12.5. The summed E-state index contributed by atoms with van der Waals surface area (Å²) in [6.07, 6.45) is 0.289. The first-order valence-corrected chi connectivity index (χ1v) is 20.0. The van der Waals surface area contributed by atoms with Gasteiger partial charge in [0.2, 0.25) is 0 Å². The molecule has 0 amide bonds. The first kappa shape index (κ1) is 39.9. The molecule has 52 heavy (non-hydrogen) atoms. The van der Waals surface area contributed by atoms with Crippen molar-refractivity contribution in [2.75, 3.05) is 11.4 Å². The zero-order chi connectivity index (χ0) is 37.1. The van der Waals surface area contributed by atoms with E-state index in [0.717, 1.165) is 5.69 Å². The number of hydrogen-bond acceptors (Lipinski definition) is 8. The third-order valence-electron chi connectivity index (χ3n) is 8.45. The van der Waals surface area contributed by atoms with Crippen molar-refractivity contribution in [2.45, 2.75) is 41.5 Å². The number of rotatable bonds is 11. The van der Waals surface area contributed by atoms with E-state index in [9.17, 15) is 38.9 Å². The molecule has 0 radical (unpaired) electrons. The molecule has 7 N–H and O–H groups in total. The Morgan fingerprint density at radius 3 is 1.77 bits per heavy atom. The van der Waals surface area contributed by atoms with E-state index in [2.05, 4.69) is 0 Å². The molecular formula is C37H38N2O10S3. The van der Waals surface area contributed by atoms with Gasteiger partial charge < -0.3 is 16.1 Å². The van der Waals surface area contributed by atoms with Gasteiger partial charge in [0.25, 0.3) is 30.4 Å². The Morgan fingerprint density at radius 1 is 0.635 bits per heavy atom. The highest BCUT2D eigenvalue weighted by atomic mass is 32.2. The van der Waals surface area contributed by atoms with E-state index in [-0.39, 0.29) is 37.8 Å². The van der Waals surface area contributed by atoms with Crippen LogP contribution in [-0.4, -0.2) is 50.9 Å². The lowest BCUT2D eigenvalue weighted by Gasteiger charge is -2.24. The highest BCUT2D eigenvalue weighted by Crippen LogP contribution is 2.29. The molecule has 274 valence electrons. The van der Waals surface area contributed by atoms with Crippen molar-refractivity contribution in [1.29, 1.82) is 0 Å². The van der Waals surface area contributed by atoms with Crippen molar-refractivity contribution in [1.82, 2.24) is 0 Å². The summed E-state index contributed by atoms with van der Waals surface area (Å²) >= 11 is 0. The summed E-state index contributed by atoms with van der Waals surface area (Å²) in [4.78, 5) is 1.28. The molecule has 5 aromatic carbocycles. The van der Waals surface area contributed by atoms with Gasteiger partial charge in [0.1, 0.15) is 4.90 Å². The molecule has 0 fully saturated rings. The molecule has 0 aliphatic carbocycles. The van der Waals surface area contributed by atoms with Crippen LogP contribution in [-0.2, 0) is 43.3 Å². The molecule has 0 heterocycles. The van der Waals surface area contributed by atoms with Crippen LogP contribution < -0.4 is 21.1 Å². The molecule has 0 saturated carbocycles. The largest absolute Gasteiger partial charge is 0.412 e. The van der Waals surface area contributed by atoms with Crippen molar-refractivity contribution in [3.63, 3.8) is 0 Å². The topological polar surface area (TPSA) is 224 Å². The summed E-state index contributed by atoms with van der Waals surface area (Å²) in [5.74, 6) is 0. The average molecular weight is 767 g/mol. The Bertz CT molecular complexity index is 2550. The van der Waals surface area contributed by atoms with Gasteiger partial charge in [0.05, 0.1) is 9.79 Å². The maximum atomic E-state index is 12.5. The van der Waals surface area contributed by atoms with Crippen LogP contribution in [0.2, 0.25) is 0 Å². The van der Waals surface area contributed by atoms with Gasteiger partial charge in [-0.1, -0.05) is 85.8 Å². The van der Waals surface area contributed by atoms with Crippen LogP contribution in [0.15, 0.2) is 130 Å². The third-order valence-corrected chi connectivity index (χ3v) is 11.1. The first-order chi connectivity index (χ1) is 24.0. The van der Waals surface area contributed by atoms with Gasteiger partial charge in [-0.2, -0.15) is 25.3 Å². The van der Waals surface area contributed by atoms with Gasteiger partial charge in [-0.15, -0.1) is 0 Å². The first-order valence-electron chi connectivity index (χ1n) is 15.7. The third kappa shape index (κ3) is 8.77. The summed E-state index contributed by atoms with van der Waals surface area (Å²) in [5.41, 5.74) is 10.5. The molecule has 0 atom stereocenters. The number of benzene rings is 5. The molecule has 0 aromatic heterocycles. The van der Waals surface area contributed by atoms with Crippen molar-refractivity contribution in [3.05, 3.63) is 154 Å². The molecule has 0 aliphatic heterocycles. The van der Waals surface area contributed by atoms with E-state index < -0.39 is 30.4 Å². The van der Waals surface area contributed by atoms with Gasteiger partial charge in [0, 0.05) is 35.6 Å². The lowest BCUT2D eigenvalue weighted by molar-refractivity contribution is 0.480. The maximum Gasteiger partial charge on any atom is 0.295 e. The summed E-state index contributed by atoms with van der Waals surface area (Å²) in [6, 6.07) is 30.8. The quantitative estimate of drug-likeness (QED) is 0.142. The zero-order valence-electron chi connectivity index (χ0n) is 28.1. The van der Waals surface area contributed by atoms with Crippen LogP contribution in [0.3, 0.4) is 0 Å². The van der Waals surface area contributed by atoms with E-state index in [0.29, 0.717) is 51.4 Å². The summed E-state index contributed by atoms with van der Waals surface area (Å²) in [7, 11) is -13.5. The molecule has 0 saturated heterocycles. The van der Waals surface area contributed by atoms with Gasteiger partial charge in [0.15, 0.2) is 0 Å². The van der Waals surface area contributed by atoms with Gasteiger partial charge in [-0.25, -0.2) is 0 Å². The molecule has 0 aliphatic rings. The van der Waals surface area contributed by atoms with Crippen molar-refractivity contribution >= 4 is 47.3 Å². The number of hydrogen-bond donors (Lipinski definition) is 4. The lowest BCUT2D eigenvalue weighted by Crippen LogP contribution is -2.22. The highest BCUT2D eigenvalue weighted by Gasteiger charge is 2.21. The van der Waals surface area contributed by atoms with Crippen LogP contribution >= 0.6 is 0 Å². The molecule has 12 nitrogen and oxygen atoms in total. The van der Waals surface area contributed by atoms with E-state index >= 15 is 0 Å². The highest BCUT2D eigenvalue weighted by molar-refractivity contribution is 7.86. The van der Waals surface area contributed by atoms with Crippen molar-refractivity contribution < 1.29 is 44.4 Å². The fraction of sp³-hybridized carbons (Fsp3) is 0.135. The van der Waals surface area contributed by atoms with E-state index in [1.165, 1.54) is 36.4 Å². The van der Waals surface area contributed by atoms with Crippen LogP contribution in [0.1, 0.15) is 41.7 Å². The average Bonchev–Trinajstić information content (AvgIpc) is 3.10. The van der Waals surface area contributed by atoms with E-state index in [1.54, 1.807) is 61.5 Å². The summed E-state index contributed by atoms with van der Waals surface area (Å²) in [6.45, 7) is 4.59. The second-order valence-corrected chi connectivity index (χ2v) is 15.8. The Balaban J connectivity index is 0.00000605. The smallest absolute Gasteiger partial charge is 0.295 e. The molecule has 5 aromatic rings. The molecule has 0 bridgehead atoms. The molecule has 15 heteroatoms. The molecular weight excluding hydrogens is 729 g/mol. The van der Waals surface area contributed by atoms with Crippen LogP contribution in [0.25, 0.3) is 11.3 Å². The van der Waals surface area contributed by atoms with Gasteiger partial charge in [-0.3, -0.25) is 13.7 Å². The number of anilines is 1. The molecule has 0 unspecified atom stereocenters. The number of nitrogens with two attached hydrogens (primary N) is 1. The lowest BCUT2D eigenvalue weighted by atomic mass is 9.94. The van der Waals surface area contributed by atoms with Gasteiger partial charge >= 0.3 is 0 Å². The fourth-order valence-corrected chi connectivity index (χ4v) is 8.09. The summed E-state index contributed by atoms with van der Waals surface area (Å²) < 4.78 is 102. The second-order valence-electron chi connectivity index (χ2n) is 11.6. The Labute approximate surface area is 302 Å². The van der Waals surface area contributed by atoms with E-state index in [1.807, 2.05) is 36.1 Å². The fourth-order valence-electron chi connectivity index (χ4n) is 6.02. The predicted molar refractivity (Wildman–Crippen MR) is 199 cm³/mol. The predicted octanol–water partition coefficient (Wildman–Crippen LogP) is 3.55. The van der Waals surface area contributed by atoms with E-state index in [4.69, 9.17) is 5.73 Å². The second kappa shape index (κ2) is 15.8. The zero-order valence-corrected chi connectivity index (χ0v) is 30.6. The van der Waals surface area contributed by atoms with Gasteiger partial charge in [-0.05, 0) is 82.4 Å². The monoisotopic (exact) mass is 766 g/mol. The number of nitrogens with zero attached hydrogens (tertiary/aromatic N) is 1.